The molecule has 0 atom stereocenters. The maximum Gasteiger partial charge on any atom is 0.259 e. The third-order valence-corrected chi connectivity index (χ3v) is 3.44. The van der Waals surface area contributed by atoms with Crippen molar-refractivity contribution in [1.82, 2.24) is 0 Å². The summed E-state index contributed by atoms with van der Waals surface area (Å²) in [7, 11) is 0. The second-order valence-corrected chi connectivity index (χ2v) is 5.30. The lowest BCUT2D eigenvalue weighted by atomic mass is 10.1. The van der Waals surface area contributed by atoms with E-state index in [1.807, 2.05) is 45.9 Å². The van der Waals surface area contributed by atoms with Crippen LogP contribution in [-0.4, -0.2) is 19.1 Å². The number of aryl methyl sites for hydroxylation is 2. The molecule has 2 aromatic carbocycles. The maximum atomic E-state index is 12.6. The molecule has 0 aliphatic heterocycles. The predicted octanol–water partition coefficient (Wildman–Crippen LogP) is 4.35. The number of nitrogens with one attached hydrogen (secondary N) is 1. The van der Waals surface area contributed by atoms with E-state index in [-0.39, 0.29) is 5.91 Å². The van der Waals surface area contributed by atoms with E-state index < -0.39 is 0 Å². The maximum absolute atomic E-state index is 12.6. The van der Waals surface area contributed by atoms with E-state index in [2.05, 4.69) is 5.32 Å². The third-order valence-electron chi connectivity index (χ3n) is 3.44. The van der Waals surface area contributed by atoms with Gasteiger partial charge in [-0.3, -0.25) is 4.79 Å². The molecule has 0 saturated carbocycles. The van der Waals surface area contributed by atoms with Crippen LogP contribution in [0.1, 0.15) is 35.3 Å². The molecule has 1 amide bonds. The number of anilines is 1. The highest BCUT2D eigenvalue weighted by molar-refractivity contribution is 6.06. The summed E-state index contributed by atoms with van der Waals surface area (Å²) < 4.78 is 11.1. The average Bonchev–Trinajstić information content (AvgIpc) is 2.51. The molecule has 4 nitrogen and oxygen atoms in total. The largest absolute Gasteiger partial charge is 0.494 e. The van der Waals surface area contributed by atoms with E-state index in [9.17, 15) is 4.79 Å². The summed E-state index contributed by atoms with van der Waals surface area (Å²) in [5.41, 5.74) is 3.49. The first kappa shape index (κ1) is 16.9. The Hall–Kier alpha value is -2.49. The van der Waals surface area contributed by atoms with Gasteiger partial charge in [-0.15, -0.1) is 0 Å². The minimum absolute atomic E-state index is 0.191. The van der Waals surface area contributed by atoms with Crippen molar-refractivity contribution in [2.75, 3.05) is 18.5 Å². The van der Waals surface area contributed by atoms with Gasteiger partial charge in [0.1, 0.15) is 11.5 Å². The number of hydrogen-bond acceptors (Lipinski definition) is 3. The third kappa shape index (κ3) is 4.25. The van der Waals surface area contributed by atoms with Crippen molar-refractivity contribution in [2.45, 2.75) is 27.7 Å². The molecule has 0 fully saturated rings. The lowest BCUT2D eigenvalue weighted by Gasteiger charge is -2.14. The van der Waals surface area contributed by atoms with Gasteiger partial charge in [0.15, 0.2) is 0 Å². The van der Waals surface area contributed by atoms with Crippen molar-refractivity contribution >= 4 is 11.6 Å². The summed E-state index contributed by atoms with van der Waals surface area (Å²) in [6, 6.07) is 11.2. The first-order chi connectivity index (χ1) is 11.0. The molecule has 0 bridgehead atoms. The molecule has 0 aliphatic rings. The molecule has 0 aromatic heterocycles. The summed E-state index contributed by atoms with van der Waals surface area (Å²) in [4.78, 5) is 12.6. The van der Waals surface area contributed by atoms with Gasteiger partial charge in [-0.05, 0) is 51.5 Å². The van der Waals surface area contributed by atoms with Crippen molar-refractivity contribution in [1.29, 1.82) is 0 Å². The van der Waals surface area contributed by atoms with Gasteiger partial charge in [-0.2, -0.15) is 0 Å². The molecular weight excluding hydrogens is 290 g/mol. The molecule has 0 heterocycles. The minimum atomic E-state index is -0.191. The molecule has 0 aliphatic carbocycles. The van der Waals surface area contributed by atoms with Crippen LogP contribution in [0.3, 0.4) is 0 Å². The predicted molar refractivity (Wildman–Crippen MR) is 92.6 cm³/mol. The van der Waals surface area contributed by atoms with E-state index in [1.54, 1.807) is 18.2 Å². The Balaban J connectivity index is 2.27. The zero-order valence-electron chi connectivity index (χ0n) is 14.1. The van der Waals surface area contributed by atoms with E-state index >= 15 is 0 Å². The molecule has 4 heteroatoms. The van der Waals surface area contributed by atoms with Crippen LogP contribution in [0.4, 0.5) is 5.69 Å². The number of rotatable bonds is 6. The molecule has 1 N–H and O–H groups in total. The van der Waals surface area contributed by atoms with Crippen LogP contribution in [0.2, 0.25) is 0 Å². The van der Waals surface area contributed by atoms with Gasteiger partial charge < -0.3 is 14.8 Å². The fraction of sp³-hybridized carbons (Fsp3) is 0.316. The normalized spacial score (nSPS) is 10.3. The number of benzene rings is 2. The highest BCUT2D eigenvalue weighted by Crippen LogP contribution is 2.26. The number of amides is 1. The second-order valence-electron chi connectivity index (χ2n) is 5.30. The van der Waals surface area contributed by atoms with Crippen LogP contribution in [-0.2, 0) is 0 Å². The lowest BCUT2D eigenvalue weighted by molar-refractivity contribution is 0.102. The molecule has 0 saturated heterocycles. The molecule has 2 rings (SSSR count). The van der Waals surface area contributed by atoms with Crippen molar-refractivity contribution in [3.8, 4) is 11.5 Å². The van der Waals surface area contributed by atoms with E-state index in [0.717, 1.165) is 16.8 Å². The summed E-state index contributed by atoms with van der Waals surface area (Å²) in [5.74, 6) is 1.03. The molecule has 2 aromatic rings. The SMILES string of the molecule is CCOc1ccc(C(=O)Nc2ccc(C)cc2C)c(OCC)c1. The monoisotopic (exact) mass is 313 g/mol. The fourth-order valence-corrected chi connectivity index (χ4v) is 2.37. The molecule has 23 heavy (non-hydrogen) atoms. The first-order valence-electron chi connectivity index (χ1n) is 7.83. The second kappa shape index (κ2) is 7.68. The van der Waals surface area contributed by atoms with Gasteiger partial charge in [0, 0.05) is 11.8 Å². The number of hydrogen-bond donors (Lipinski definition) is 1. The Morgan fingerprint density at radius 1 is 1.00 bits per heavy atom. The van der Waals surface area contributed by atoms with Crippen LogP contribution in [0.15, 0.2) is 36.4 Å². The zero-order chi connectivity index (χ0) is 16.8. The fourth-order valence-electron chi connectivity index (χ4n) is 2.37. The quantitative estimate of drug-likeness (QED) is 0.862. The standard InChI is InChI=1S/C19H23NO3/c1-5-22-15-8-9-16(18(12-15)23-6-2)19(21)20-17-10-7-13(3)11-14(17)4/h7-12H,5-6H2,1-4H3,(H,20,21). The lowest BCUT2D eigenvalue weighted by Crippen LogP contribution is -2.14. The van der Waals surface area contributed by atoms with Crippen LogP contribution in [0.25, 0.3) is 0 Å². The number of carbonyl (C=O) groups excluding carboxylic acids is 1. The van der Waals surface area contributed by atoms with Gasteiger partial charge in [0.2, 0.25) is 0 Å². The van der Waals surface area contributed by atoms with Crippen molar-refractivity contribution in [2.24, 2.45) is 0 Å². The smallest absolute Gasteiger partial charge is 0.259 e. The van der Waals surface area contributed by atoms with Crippen molar-refractivity contribution in [3.05, 3.63) is 53.1 Å². The van der Waals surface area contributed by atoms with E-state index in [0.29, 0.717) is 30.3 Å². The average molecular weight is 313 g/mol. The zero-order valence-corrected chi connectivity index (χ0v) is 14.1. The van der Waals surface area contributed by atoms with Gasteiger partial charge in [0.25, 0.3) is 5.91 Å². The summed E-state index contributed by atoms with van der Waals surface area (Å²) in [6.45, 7) is 8.86. The Morgan fingerprint density at radius 3 is 2.39 bits per heavy atom. The van der Waals surface area contributed by atoms with Crippen LogP contribution in [0.5, 0.6) is 11.5 Å². The Bertz CT molecular complexity index is 695. The molecule has 122 valence electrons. The molecular formula is C19H23NO3. The van der Waals surface area contributed by atoms with E-state index in [1.165, 1.54) is 0 Å². The van der Waals surface area contributed by atoms with Crippen LogP contribution < -0.4 is 14.8 Å². The van der Waals surface area contributed by atoms with Crippen LogP contribution >= 0.6 is 0 Å². The topological polar surface area (TPSA) is 47.6 Å². The van der Waals surface area contributed by atoms with Gasteiger partial charge in [0.05, 0.1) is 18.8 Å². The minimum Gasteiger partial charge on any atom is -0.494 e. The van der Waals surface area contributed by atoms with E-state index in [4.69, 9.17) is 9.47 Å². The van der Waals surface area contributed by atoms with Crippen molar-refractivity contribution in [3.63, 3.8) is 0 Å². The Kier molecular flexibility index (Phi) is 5.63. The summed E-state index contributed by atoms with van der Waals surface area (Å²) in [5, 5.41) is 2.94. The Labute approximate surface area is 137 Å². The molecule has 0 unspecified atom stereocenters. The van der Waals surface area contributed by atoms with Gasteiger partial charge in [-0.1, -0.05) is 17.7 Å². The van der Waals surface area contributed by atoms with Gasteiger partial charge in [-0.25, -0.2) is 0 Å². The summed E-state index contributed by atoms with van der Waals surface area (Å²) in [6.07, 6.45) is 0. The number of ether oxygens (including phenoxy) is 2. The Morgan fingerprint density at radius 2 is 1.74 bits per heavy atom. The summed E-state index contributed by atoms with van der Waals surface area (Å²) >= 11 is 0. The molecule has 0 radical (unpaired) electrons. The first-order valence-corrected chi connectivity index (χ1v) is 7.83. The van der Waals surface area contributed by atoms with Crippen LogP contribution in [0, 0.1) is 13.8 Å². The highest BCUT2D eigenvalue weighted by Gasteiger charge is 2.15. The highest BCUT2D eigenvalue weighted by atomic mass is 16.5. The van der Waals surface area contributed by atoms with Gasteiger partial charge >= 0.3 is 0 Å². The molecule has 0 spiro atoms. The van der Waals surface area contributed by atoms with Crippen molar-refractivity contribution < 1.29 is 14.3 Å². The number of carbonyl (C=O) groups is 1.